The van der Waals surface area contributed by atoms with E-state index in [4.69, 9.17) is 16.8 Å². The van der Waals surface area contributed by atoms with Crippen molar-refractivity contribution in [2.24, 2.45) is 21.9 Å². The Kier molecular flexibility index (Phi) is 3.83. The average Bonchev–Trinajstić information content (AvgIpc) is 2.76. The summed E-state index contributed by atoms with van der Waals surface area (Å²) in [6, 6.07) is 4.81. The summed E-state index contributed by atoms with van der Waals surface area (Å²) in [5.41, 5.74) is 24.4. The van der Waals surface area contributed by atoms with Crippen molar-refractivity contribution in [3.8, 4) is 0 Å². The number of fused-ring (bicyclic) bond motifs is 1. The molecule has 9 nitrogen and oxygen atoms in total. The minimum Gasteiger partial charge on any atom is -0.336 e. The average molecular weight is 312 g/mol. The second-order valence-electron chi connectivity index (χ2n) is 6.12. The first kappa shape index (κ1) is 15.2. The van der Waals surface area contributed by atoms with Crippen LogP contribution in [0.25, 0.3) is 20.9 Å². The number of nitrogens with two attached hydrogens (primary N) is 1. The molecule has 118 valence electrons. The lowest BCUT2D eigenvalue weighted by atomic mass is 9.70. The van der Waals surface area contributed by atoms with Crippen molar-refractivity contribution in [2.45, 2.75) is 24.9 Å². The largest absolute Gasteiger partial charge is 0.336 e. The van der Waals surface area contributed by atoms with Crippen LogP contribution in [-0.4, -0.2) is 29.4 Å². The van der Waals surface area contributed by atoms with Crippen molar-refractivity contribution in [2.75, 3.05) is 13.1 Å². The minimum absolute atomic E-state index is 0.0923. The SMILES string of the molecule is [N-]=[N+]=NCc1cc(N=[N+]=[N-])cc(C(=O)N2C[C@@H]3CC[C@]3(N)C2)c1. The van der Waals surface area contributed by atoms with Crippen molar-refractivity contribution >= 4 is 11.6 Å². The van der Waals surface area contributed by atoms with Crippen LogP contribution in [0.4, 0.5) is 5.69 Å². The minimum atomic E-state index is -0.244. The second kappa shape index (κ2) is 5.81. The maximum absolute atomic E-state index is 12.7. The van der Waals surface area contributed by atoms with Gasteiger partial charge in [0.15, 0.2) is 0 Å². The molecule has 0 aromatic heterocycles. The maximum atomic E-state index is 12.7. The van der Waals surface area contributed by atoms with E-state index in [1.165, 1.54) is 0 Å². The van der Waals surface area contributed by atoms with Crippen molar-refractivity contribution in [3.63, 3.8) is 0 Å². The highest BCUT2D eigenvalue weighted by atomic mass is 16.2. The molecule has 0 unspecified atom stereocenters. The Morgan fingerprint density at radius 2 is 2.22 bits per heavy atom. The molecular formula is C14H16N8O. The molecule has 2 aliphatic rings. The smallest absolute Gasteiger partial charge is 0.253 e. The van der Waals surface area contributed by atoms with Crippen LogP contribution in [0, 0.1) is 5.92 Å². The van der Waals surface area contributed by atoms with E-state index in [-0.39, 0.29) is 18.0 Å². The van der Waals surface area contributed by atoms with Gasteiger partial charge in [0.1, 0.15) is 0 Å². The fourth-order valence-corrected chi connectivity index (χ4v) is 3.34. The highest BCUT2D eigenvalue weighted by Crippen LogP contribution is 2.42. The number of nitrogens with zero attached hydrogens (tertiary/aromatic N) is 7. The van der Waals surface area contributed by atoms with E-state index in [2.05, 4.69) is 20.1 Å². The predicted molar refractivity (Wildman–Crippen MR) is 83.6 cm³/mol. The van der Waals surface area contributed by atoms with E-state index < -0.39 is 0 Å². The van der Waals surface area contributed by atoms with Crippen LogP contribution in [0.15, 0.2) is 28.4 Å². The van der Waals surface area contributed by atoms with Crippen LogP contribution in [0.3, 0.4) is 0 Å². The number of amides is 1. The Bertz CT molecular complexity index is 749. The summed E-state index contributed by atoms with van der Waals surface area (Å²) in [5.74, 6) is 0.232. The zero-order valence-corrected chi connectivity index (χ0v) is 12.5. The van der Waals surface area contributed by atoms with Crippen LogP contribution >= 0.6 is 0 Å². The number of carbonyl (C=O) groups is 1. The van der Waals surface area contributed by atoms with E-state index >= 15 is 0 Å². The highest BCUT2D eigenvalue weighted by Gasteiger charge is 2.51. The third-order valence-corrected chi connectivity index (χ3v) is 4.69. The van der Waals surface area contributed by atoms with Gasteiger partial charge >= 0.3 is 0 Å². The van der Waals surface area contributed by atoms with Crippen LogP contribution in [0.5, 0.6) is 0 Å². The first-order chi connectivity index (χ1) is 11.1. The zero-order valence-electron chi connectivity index (χ0n) is 12.5. The molecule has 1 amide bonds. The molecule has 1 aromatic rings. The van der Waals surface area contributed by atoms with Crippen LogP contribution in [-0.2, 0) is 6.54 Å². The van der Waals surface area contributed by atoms with Gasteiger partial charge in [-0.05, 0) is 53.6 Å². The molecule has 1 heterocycles. The number of azide groups is 2. The Labute approximate surface area is 132 Å². The monoisotopic (exact) mass is 312 g/mol. The van der Waals surface area contributed by atoms with E-state index in [1.54, 1.807) is 23.1 Å². The highest BCUT2D eigenvalue weighted by molar-refractivity contribution is 5.95. The number of carbonyl (C=O) groups excluding carboxylic acids is 1. The molecule has 1 aliphatic carbocycles. The lowest BCUT2D eigenvalue weighted by Gasteiger charge is -2.39. The van der Waals surface area contributed by atoms with Crippen molar-refractivity contribution in [1.82, 2.24) is 4.90 Å². The van der Waals surface area contributed by atoms with Gasteiger partial charge in [-0.3, -0.25) is 4.79 Å². The van der Waals surface area contributed by atoms with Crippen LogP contribution < -0.4 is 5.73 Å². The van der Waals surface area contributed by atoms with Crippen molar-refractivity contribution < 1.29 is 4.79 Å². The third-order valence-electron chi connectivity index (χ3n) is 4.69. The second-order valence-corrected chi connectivity index (χ2v) is 6.12. The Morgan fingerprint density at radius 3 is 2.78 bits per heavy atom. The van der Waals surface area contributed by atoms with Gasteiger partial charge in [-0.25, -0.2) is 0 Å². The molecule has 2 N–H and O–H groups in total. The fraction of sp³-hybridized carbons (Fsp3) is 0.500. The summed E-state index contributed by atoms with van der Waals surface area (Å²) in [6.45, 7) is 1.30. The predicted octanol–water partition coefficient (Wildman–Crippen LogP) is 3.00. The number of benzene rings is 1. The first-order valence-electron chi connectivity index (χ1n) is 7.34. The molecule has 1 aliphatic heterocycles. The standard InChI is InChI=1S/C14H16N8O/c15-14-2-1-11(14)7-22(8-14)13(23)10-3-9(6-18-20-16)4-12(5-10)19-21-17/h3-5,11H,1-2,6-8,15H2/t11-,14-/m0/s1. The quantitative estimate of drug-likeness (QED) is 0.517. The summed E-state index contributed by atoms with van der Waals surface area (Å²) in [7, 11) is 0. The zero-order chi connectivity index (χ0) is 16.4. The van der Waals surface area contributed by atoms with Gasteiger partial charge in [0, 0.05) is 39.7 Å². The van der Waals surface area contributed by atoms with E-state index in [9.17, 15) is 4.79 Å². The van der Waals surface area contributed by atoms with E-state index in [1.807, 2.05) is 0 Å². The molecule has 9 heteroatoms. The Morgan fingerprint density at radius 1 is 1.39 bits per heavy atom. The Hall–Kier alpha value is -2.73. The topological polar surface area (TPSA) is 144 Å². The molecule has 2 atom stereocenters. The van der Waals surface area contributed by atoms with Gasteiger partial charge in [0.25, 0.3) is 5.91 Å². The van der Waals surface area contributed by atoms with Crippen molar-refractivity contribution in [1.29, 1.82) is 0 Å². The molecule has 1 saturated heterocycles. The van der Waals surface area contributed by atoms with E-state index in [0.29, 0.717) is 35.8 Å². The third kappa shape index (κ3) is 2.80. The molecule has 1 saturated carbocycles. The molecule has 0 radical (unpaired) electrons. The molecule has 3 rings (SSSR count). The summed E-state index contributed by atoms with van der Waals surface area (Å²) < 4.78 is 0. The van der Waals surface area contributed by atoms with Gasteiger partial charge in [0.2, 0.25) is 0 Å². The van der Waals surface area contributed by atoms with Crippen molar-refractivity contribution in [3.05, 3.63) is 50.2 Å². The number of rotatable bonds is 4. The van der Waals surface area contributed by atoms with Gasteiger partial charge in [0.05, 0.1) is 6.54 Å². The summed E-state index contributed by atoms with van der Waals surface area (Å²) in [6.07, 6.45) is 2.00. The van der Waals surface area contributed by atoms with Gasteiger partial charge < -0.3 is 10.6 Å². The summed E-state index contributed by atoms with van der Waals surface area (Å²) in [4.78, 5) is 19.9. The Balaban J connectivity index is 1.88. The number of hydrogen-bond donors (Lipinski definition) is 1. The lowest BCUT2D eigenvalue weighted by Crippen LogP contribution is -2.54. The first-order valence-corrected chi connectivity index (χ1v) is 7.34. The van der Waals surface area contributed by atoms with Gasteiger partial charge in [-0.2, -0.15) is 0 Å². The molecule has 2 fully saturated rings. The molecule has 23 heavy (non-hydrogen) atoms. The lowest BCUT2D eigenvalue weighted by molar-refractivity contribution is 0.0785. The molecule has 0 bridgehead atoms. The normalized spacial score (nSPS) is 24.9. The fourth-order valence-electron chi connectivity index (χ4n) is 3.34. The molecular weight excluding hydrogens is 296 g/mol. The van der Waals surface area contributed by atoms with Gasteiger partial charge in [-0.1, -0.05) is 10.2 Å². The van der Waals surface area contributed by atoms with Gasteiger partial charge in [-0.15, -0.1) is 0 Å². The molecule has 1 aromatic carbocycles. The number of likely N-dealkylation sites (tertiary alicyclic amines) is 1. The van der Waals surface area contributed by atoms with E-state index in [0.717, 1.165) is 12.8 Å². The van der Waals surface area contributed by atoms with Crippen LogP contribution in [0.1, 0.15) is 28.8 Å². The van der Waals surface area contributed by atoms with Crippen LogP contribution in [0.2, 0.25) is 0 Å². The number of hydrogen-bond acceptors (Lipinski definition) is 4. The molecule has 0 spiro atoms. The summed E-state index contributed by atoms with van der Waals surface area (Å²) >= 11 is 0. The summed E-state index contributed by atoms with van der Waals surface area (Å²) in [5, 5.41) is 7.04. The maximum Gasteiger partial charge on any atom is 0.253 e.